The number of hydrogen-bond acceptors (Lipinski definition) is 4. The summed E-state index contributed by atoms with van der Waals surface area (Å²) in [5.41, 5.74) is 0. The summed E-state index contributed by atoms with van der Waals surface area (Å²) in [7, 11) is -2.02. The average Bonchev–Trinajstić information content (AvgIpc) is 2.71. The van der Waals surface area contributed by atoms with E-state index in [1.807, 2.05) is 0 Å². The second-order valence-electron chi connectivity index (χ2n) is 9.09. The lowest BCUT2D eigenvalue weighted by Crippen LogP contribution is -2.46. The molecule has 6 heteroatoms. The molecule has 0 amide bonds. The number of quaternary nitrogens is 1. The number of nitrogens with zero attached hydrogens (tertiary/aromatic N) is 1. The molecule has 0 aromatic heterocycles. The van der Waals surface area contributed by atoms with E-state index >= 15 is 0 Å². The SMILES string of the molecule is CCCCCCCCCCCCCCCCOP(=O)([O-])OCC[N+](C)(CC)CCC. The van der Waals surface area contributed by atoms with E-state index in [1.165, 1.54) is 70.6 Å². The van der Waals surface area contributed by atoms with Crippen LogP contribution in [0.15, 0.2) is 0 Å². The quantitative estimate of drug-likeness (QED) is 0.0972. The minimum atomic E-state index is -4.15. The number of phosphoric ester groups is 1. The predicted molar refractivity (Wildman–Crippen MR) is 127 cm³/mol. The number of phosphoric acid groups is 1. The Hall–Kier alpha value is 0.0700. The van der Waals surface area contributed by atoms with E-state index in [0.29, 0.717) is 6.54 Å². The molecule has 0 bridgehead atoms. The van der Waals surface area contributed by atoms with Gasteiger partial charge in [-0.05, 0) is 19.8 Å². The fraction of sp³-hybridized carbons (Fsp3) is 1.00. The van der Waals surface area contributed by atoms with Gasteiger partial charge in [0.1, 0.15) is 13.2 Å². The maximum absolute atomic E-state index is 11.9. The Bertz CT molecular complexity index is 422. The first kappa shape index (κ1) is 30.1. The van der Waals surface area contributed by atoms with Crippen LogP contribution in [0.5, 0.6) is 0 Å². The first-order chi connectivity index (χ1) is 14.4. The standard InChI is InChI=1S/C24H52NO4P/c1-5-8-9-10-11-12-13-14-15-16-17-18-19-20-23-28-30(26,27)29-24-22-25(4,7-3)21-6-2/h5-24H2,1-4H3. The van der Waals surface area contributed by atoms with Crippen LogP contribution in [0.3, 0.4) is 0 Å². The summed E-state index contributed by atoms with van der Waals surface area (Å²) in [5, 5.41) is 0. The molecular weight excluding hydrogens is 397 g/mol. The summed E-state index contributed by atoms with van der Waals surface area (Å²) in [5.74, 6) is 0. The van der Waals surface area contributed by atoms with E-state index in [4.69, 9.17) is 9.05 Å². The lowest BCUT2D eigenvalue weighted by Gasteiger charge is -2.34. The average molecular weight is 450 g/mol. The van der Waals surface area contributed by atoms with Crippen molar-refractivity contribution in [3.8, 4) is 0 Å². The Morgan fingerprint density at radius 2 is 1.07 bits per heavy atom. The van der Waals surface area contributed by atoms with Gasteiger partial charge in [-0.15, -0.1) is 0 Å². The van der Waals surface area contributed by atoms with E-state index in [2.05, 4.69) is 27.8 Å². The molecule has 0 saturated carbocycles. The molecule has 0 N–H and O–H groups in total. The van der Waals surface area contributed by atoms with Gasteiger partial charge in [0.2, 0.25) is 0 Å². The Labute approximate surface area is 188 Å². The summed E-state index contributed by atoms with van der Waals surface area (Å²) in [4.78, 5) is 11.9. The van der Waals surface area contributed by atoms with Crippen LogP contribution in [-0.2, 0) is 13.6 Å². The molecule has 5 nitrogen and oxygen atoms in total. The van der Waals surface area contributed by atoms with Gasteiger partial charge < -0.3 is 18.4 Å². The van der Waals surface area contributed by atoms with Gasteiger partial charge in [0.15, 0.2) is 0 Å². The second kappa shape index (κ2) is 19.7. The summed E-state index contributed by atoms with van der Waals surface area (Å²) >= 11 is 0. The molecule has 0 aliphatic carbocycles. The molecule has 0 aromatic rings. The fourth-order valence-corrected chi connectivity index (χ4v) is 4.58. The van der Waals surface area contributed by atoms with Crippen LogP contribution in [0.25, 0.3) is 0 Å². The lowest BCUT2D eigenvalue weighted by atomic mass is 10.0. The molecular formula is C24H52NO4P. The van der Waals surface area contributed by atoms with Gasteiger partial charge >= 0.3 is 0 Å². The molecule has 0 heterocycles. The van der Waals surface area contributed by atoms with Crippen molar-refractivity contribution in [1.82, 2.24) is 0 Å². The van der Waals surface area contributed by atoms with E-state index in [-0.39, 0.29) is 13.2 Å². The molecule has 2 atom stereocenters. The molecule has 30 heavy (non-hydrogen) atoms. The van der Waals surface area contributed by atoms with Gasteiger partial charge in [-0.2, -0.15) is 0 Å². The van der Waals surface area contributed by atoms with Crippen molar-refractivity contribution >= 4 is 7.82 Å². The zero-order valence-electron chi connectivity index (χ0n) is 20.7. The van der Waals surface area contributed by atoms with Crippen molar-refractivity contribution in [2.75, 3.05) is 39.9 Å². The van der Waals surface area contributed by atoms with Gasteiger partial charge in [0.05, 0.1) is 26.7 Å². The van der Waals surface area contributed by atoms with E-state index in [0.717, 1.165) is 43.3 Å². The van der Waals surface area contributed by atoms with Crippen molar-refractivity contribution < 1.29 is 23.0 Å². The van der Waals surface area contributed by atoms with Gasteiger partial charge in [-0.25, -0.2) is 0 Å². The van der Waals surface area contributed by atoms with E-state index in [1.54, 1.807) is 0 Å². The van der Waals surface area contributed by atoms with Crippen LogP contribution >= 0.6 is 7.82 Å². The zero-order chi connectivity index (χ0) is 22.6. The van der Waals surface area contributed by atoms with Crippen LogP contribution in [0.4, 0.5) is 0 Å². The minimum absolute atomic E-state index is 0.198. The predicted octanol–water partition coefficient (Wildman–Crippen LogP) is 6.85. The molecule has 182 valence electrons. The smallest absolute Gasteiger partial charge is 0.268 e. The summed E-state index contributed by atoms with van der Waals surface area (Å²) in [6, 6.07) is 0. The van der Waals surface area contributed by atoms with Crippen molar-refractivity contribution in [2.45, 2.75) is 117 Å². The first-order valence-corrected chi connectivity index (χ1v) is 14.3. The summed E-state index contributed by atoms with van der Waals surface area (Å²) in [6.07, 6.45) is 19.0. The lowest BCUT2D eigenvalue weighted by molar-refractivity contribution is -0.908. The molecule has 0 fully saturated rings. The number of rotatable bonds is 23. The third kappa shape index (κ3) is 18.8. The largest absolute Gasteiger partial charge is 0.756 e. The number of likely N-dealkylation sites (N-methyl/N-ethyl adjacent to an activating group) is 1. The highest BCUT2D eigenvalue weighted by molar-refractivity contribution is 7.45. The third-order valence-corrected chi connectivity index (χ3v) is 7.15. The highest BCUT2D eigenvalue weighted by Crippen LogP contribution is 2.38. The van der Waals surface area contributed by atoms with Gasteiger partial charge in [0.25, 0.3) is 7.82 Å². The van der Waals surface area contributed by atoms with Gasteiger partial charge in [-0.3, -0.25) is 4.57 Å². The fourth-order valence-electron chi connectivity index (χ4n) is 3.85. The van der Waals surface area contributed by atoms with Crippen LogP contribution in [-0.4, -0.2) is 44.4 Å². The second-order valence-corrected chi connectivity index (χ2v) is 10.5. The molecule has 0 aliphatic heterocycles. The Morgan fingerprint density at radius 1 is 0.633 bits per heavy atom. The molecule has 0 saturated heterocycles. The Balaban J connectivity index is 3.49. The van der Waals surface area contributed by atoms with Crippen molar-refractivity contribution in [3.63, 3.8) is 0 Å². The summed E-state index contributed by atoms with van der Waals surface area (Å²) in [6.45, 7) is 9.67. The zero-order valence-corrected chi connectivity index (χ0v) is 21.6. The molecule has 0 aromatic carbocycles. The Morgan fingerprint density at radius 3 is 1.50 bits per heavy atom. The van der Waals surface area contributed by atoms with E-state index in [9.17, 15) is 9.46 Å². The molecule has 0 spiro atoms. The van der Waals surface area contributed by atoms with Crippen molar-refractivity contribution in [2.24, 2.45) is 0 Å². The normalized spacial score (nSPS) is 15.8. The highest BCUT2D eigenvalue weighted by atomic mass is 31.2. The third-order valence-electron chi connectivity index (χ3n) is 6.15. The first-order valence-electron chi connectivity index (χ1n) is 12.8. The minimum Gasteiger partial charge on any atom is -0.756 e. The Kier molecular flexibility index (Phi) is 19.8. The van der Waals surface area contributed by atoms with Gasteiger partial charge in [-0.1, -0.05) is 97.3 Å². The molecule has 0 radical (unpaired) electrons. The van der Waals surface area contributed by atoms with Crippen LogP contribution in [0, 0.1) is 0 Å². The molecule has 0 aliphatic rings. The monoisotopic (exact) mass is 449 g/mol. The number of hydrogen-bond donors (Lipinski definition) is 0. The maximum atomic E-state index is 11.9. The molecule has 0 rings (SSSR count). The number of unbranched alkanes of at least 4 members (excludes halogenated alkanes) is 13. The van der Waals surface area contributed by atoms with Crippen LogP contribution < -0.4 is 4.89 Å². The topological polar surface area (TPSA) is 58.6 Å². The summed E-state index contributed by atoms with van der Waals surface area (Å²) < 4.78 is 22.8. The van der Waals surface area contributed by atoms with Crippen LogP contribution in [0.2, 0.25) is 0 Å². The molecule has 2 unspecified atom stereocenters. The maximum Gasteiger partial charge on any atom is 0.268 e. The van der Waals surface area contributed by atoms with Crippen molar-refractivity contribution in [3.05, 3.63) is 0 Å². The van der Waals surface area contributed by atoms with Gasteiger partial charge in [0, 0.05) is 0 Å². The van der Waals surface area contributed by atoms with E-state index < -0.39 is 7.82 Å². The highest BCUT2D eigenvalue weighted by Gasteiger charge is 2.19. The van der Waals surface area contributed by atoms with Crippen LogP contribution in [0.1, 0.15) is 117 Å². The van der Waals surface area contributed by atoms with Crippen molar-refractivity contribution in [1.29, 1.82) is 0 Å².